The molecule has 0 heterocycles. The Balaban J connectivity index is 2.25. The Hall–Kier alpha value is -0.790. The van der Waals surface area contributed by atoms with E-state index in [1.165, 1.54) is 0 Å². The second kappa shape index (κ2) is 6.11. The smallest absolute Gasteiger partial charge is 0.256 e. The van der Waals surface area contributed by atoms with Crippen LogP contribution in [0.4, 0.5) is 11.4 Å². The van der Waals surface area contributed by atoms with E-state index in [-0.39, 0.29) is 5.91 Å². The zero-order valence-corrected chi connectivity index (χ0v) is 14.1. The summed E-state index contributed by atoms with van der Waals surface area (Å²) in [7, 11) is 0. The highest BCUT2D eigenvalue weighted by molar-refractivity contribution is 14.1. The summed E-state index contributed by atoms with van der Waals surface area (Å²) in [4.78, 5) is 12.2. The highest BCUT2D eigenvalue weighted by Crippen LogP contribution is 2.24. The standard InChI is InChI=1S/C13H9BrClIN2O/c14-10-3-1-7(16)5-9(10)13(19)18-8-2-4-12(17)11(15)6-8/h1-6H,17H2,(H,18,19). The van der Waals surface area contributed by atoms with Gasteiger partial charge >= 0.3 is 0 Å². The number of nitrogens with one attached hydrogen (secondary N) is 1. The van der Waals surface area contributed by atoms with Gasteiger partial charge in [-0.1, -0.05) is 11.6 Å². The molecule has 3 nitrogen and oxygen atoms in total. The van der Waals surface area contributed by atoms with Crippen LogP contribution in [-0.4, -0.2) is 5.91 Å². The summed E-state index contributed by atoms with van der Waals surface area (Å²) in [5, 5.41) is 3.20. The van der Waals surface area contributed by atoms with E-state index >= 15 is 0 Å². The van der Waals surface area contributed by atoms with Crippen molar-refractivity contribution in [3.05, 3.63) is 55.0 Å². The molecule has 19 heavy (non-hydrogen) atoms. The molecule has 0 fully saturated rings. The number of anilines is 2. The molecule has 2 rings (SSSR count). The quantitative estimate of drug-likeness (QED) is 0.520. The van der Waals surface area contributed by atoms with Crippen molar-refractivity contribution in [2.45, 2.75) is 0 Å². The maximum Gasteiger partial charge on any atom is 0.256 e. The van der Waals surface area contributed by atoms with E-state index in [0.29, 0.717) is 22.0 Å². The number of nitrogens with two attached hydrogens (primary N) is 1. The number of hydrogen-bond donors (Lipinski definition) is 2. The minimum absolute atomic E-state index is 0.203. The molecule has 0 saturated heterocycles. The first-order chi connectivity index (χ1) is 8.97. The van der Waals surface area contributed by atoms with E-state index in [0.717, 1.165) is 8.04 Å². The minimum Gasteiger partial charge on any atom is -0.398 e. The second-order valence-corrected chi connectivity index (χ2v) is 6.32. The van der Waals surface area contributed by atoms with Crippen LogP contribution in [0.15, 0.2) is 40.9 Å². The van der Waals surface area contributed by atoms with Gasteiger partial charge in [0.2, 0.25) is 0 Å². The molecular formula is C13H9BrClIN2O. The average Bonchev–Trinajstić information content (AvgIpc) is 2.36. The number of amides is 1. The Morgan fingerprint density at radius 1 is 1.26 bits per heavy atom. The van der Waals surface area contributed by atoms with Crippen LogP contribution in [0.5, 0.6) is 0 Å². The molecule has 0 aliphatic carbocycles. The molecule has 2 aromatic carbocycles. The van der Waals surface area contributed by atoms with Gasteiger partial charge in [0.15, 0.2) is 0 Å². The molecule has 0 saturated carbocycles. The van der Waals surface area contributed by atoms with Gasteiger partial charge in [-0.15, -0.1) is 0 Å². The predicted octanol–water partition coefficient (Wildman–Crippen LogP) is 4.54. The van der Waals surface area contributed by atoms with Crippen LogP contribution in [0, 0.1) is 3.57 Å². The van der Waals surface area contributed by atoms with Crippen molar-refractivity contribution in [1.82, 2.24) is 0 Å². The largest absolute Gasteiger partial charge is 0.398 e. The molecule has 0 aromatic heterocycles. The van der Waals surface area contributed by atoms with Crippen LogP contribution in [0.1, 0.15) is 10.4 Å². The fraction of sp³-hybridized carbons (Fsp3) is 0. The fourth-order valence-electron chi connectivity index (χ4n) is 1.47. The van der Waals surface area contributed by atoms with Crippen molar-refractivity contribution >= 4 is 67.4 Å². The van der Waals surface area contributed by atoms with Crippen LogP contribution in [0.25, 0.3) is 0 Å². The number of benzene rings is 2. The van der Waals surface area contributed by atoms with Crippen molar-refractivity contribution in [2.24, 2.45) is 0 Å². The first kappa shape index (κ1) is 14.6. The zero-order chi connectivity index (χ0) is 14.0. The molecule has 0 spiro atoms. The summed E-state index contributed by atoms with van der Waals surface area (Å²) in [5.74, 6) is -0.203. The number of hydrogen-bond acceptors (Lipinski definition) is 2. The Kier molecular flexibility index (Phi) is 4.70. The van der Waals surface area contributed by atoms with Crippen LogP contribution in [0.3, 0.4) is 0 Å². The van der Waals surface area contributed by atoms with Crippen molar-refractivity contribution < 1.29 is 4.79 Å². The van der Waals surface area contributed by atoms with Crippen molar-refractivity contribution in [3.8, 4) is 0 Å². The molecule has 98 valence electrons. The van der Waals surface area contributed by atoms with E-state index in [2.05, 4.69) is 43.8 Å². The maximum atomic E-state index is 12.2. The lowest BCUT2D eigenvalue weighted by atomic mass is 10.2. The molecular weight excluding hydrogens is 442 g/mol. The Bertz CT molecular complexity index is 649. The number of halogens is 3. The Morgan fingerprint density at radius 3 is 2.68 bits per heavy atom. The van der Waals surface area contributed by atoms with Crippen LogP contribution in [0.2, 0.25) is 5.02 Å². The maximum absolute atomic E-state index is 12.2. The minimum atomic E-state index is -0.203. The van der Waals surface area contributed by atoms with Crippen molar-refractivity contribution in [3.63, 3.8) is 0 Å². The van der Waals surface area contributed by atoms with Crippen molar-refractivity contribution in [2.75, 3.05) is 11.1 Å². The van der Waals surface area contributed by atoms with E-state index in [4.69, 9.17) is 17.3 Å². The fourth-order valence-corrected chi connectivity index (χ4v) is 2.57. The van der Waals surface area contributed by atoms with E-state index in [9.17, 15) is 4.79 Å². The van der Waals surface area contributed by atoms with Gasteiger partial charge in [0.25, 0.3) is 5.91 Å². The number of rotatable bonds is 2. The molecule has 0 unspecified atom stereocenters. The summed E-state index contributed by atoms with van der Waals surface area (Å²) in [6.07, 6.45) is 0. The van der Waals surface area contributed by atoms with Crippen LogP contribution in [-0.2, 0) is 0 Å². The normalized spacial score (nSPS) is 10.3. The van der Waals surface area contributed by atoms with E-state index < -0.39 is 0 Å². The molecule has 0 bridgehead atoms. The number of carbonyl (C=O) groups excluding carboxylic acids is 1. The Labute approximate surface area is 137 Å². The van der Waals surface area contributed by atoms with Crippen LogP contribution >= 0.6 is 50.1 Å². The first-order valence-electron chi connectivity index (χ1n) is 5.29. The monoisotopic (exact) mass is 450 g/mol. The number of carbonyl (C=O) groups is 1. The van der Waals surface area contributed by atoms with Gasteiger partial charge in [0, 0.05) is 13.7 Å². The lowest BCUT2D eigenvalue weighted by Crippen LogP contribution is -2.12. The van der Waals surface area contributed by atoms with Gasteiger partial charge in [-0.3, -0.25) is 4.79 Å². The molecule has 6 heteroatoms. The summed E-state index contributed by atoms with van der Waals surface area (Å²) >= 11 is 11.4. The van der Waals surface area contributed by atoms with Crippen molar-refractivity contribution in [1.29, 1.82) is 0 Å². The molecule has 0 aliphatic heterocycles. The van der Waals surface area contributed by atoms with E-state index in [1.54, 1.807) is 24.3 Å². The third-order valence-electron chi connectivity index (χ3n) is 2.43. The Morgan fingerprint density at radius 2 is 2.00 bits per heavy atom. The molecule has 3 N–H and O–H groups in total. The number of nitrogen functional groups attached to an aromatic ring is 1. The van der Waals surface area contributed by atoms with Gasteiger partial charge in [0.1, 0.15) is 0 Å². The predicted molar refractivity (Wildman–Crippen MR) is 90.7 cm³/mol. The first-order valence-corrected chi connectivity index (χ1v) is 7.54. The summed E-state index contributed by atoms with van der Waals surface area (Å²) in [5.41, 5.74) is 7.28. The van der Waals surface area contributed by atoms with Gasteiger partial charge < -0.3 is 11.1 Å². The molecule has 0 radical (unpaired) electrons. The highest BCUT2D eigenvalue weighted by Gasteiger charge is 2.11. The van der Waals surface area contributed by atoms with Gasteiger partial charge in [-0.25, -0.2) is 0 Å². The van der Waals surface area contributed by atoms with Gasteiger partial charge in [-0.05, 0) is 74.9 Å². The third kappa shape index (κ3) is 3.61. The average molecular weight is 451 g/mol. The SMILES string of the molecule is Nc1ccc(NC(=O)c2cc(I)ccc2Br)cc1Cl. The van der Waals surface area contributed by atoms with Gasteiger partial charge in [0.05, 0.1) is 16.3 Å². The molecule has 0 atom stereocenters. The van der Waals surface area contributed by atoms with Gasteiger partial charge in [-0.2, -0.15) is 0 Å². The zero-order valence-electron chi connectivity index (χ0n) is 9.58. The second-order valence-electron chi connectivity index (χ2n) is 3.81. The summed E-state index contributed by atoms with van der Waals surface area (Å²) in [6.45, 7) is 0. The molecule has 0 aliphatic rings. The summed E-state index contributed by atoms with van der Waals surface area (Å²) < 4.78 is 1.73. The summed E-state index contributed by atoms with van der Waals surface area (Å²) in [6, 6.07) is 10.5. The van der Waals surface area contributed by atoms with E-state index in [1.807, 2.05) is 12.1 Å². The molecule has 1 amide bonds. The highest BCUT2D eigenvalue weighted by atomic mass is 127. The topological polar surface area (TPSA) is 55.1 Å². The molecule has 2 aromatic rings. The van der Waals surface area contributed by atoms with Crippen LogP contribution < -0.4 is 11.1 Å². The lowest BCUT2D eigenvalue weighted by Gasteiger charge is -2.08. The lowest BCUT2D eigenvalue weighted by molar-refractivity contribution is 0.102. The third-order valence-corrected chi connectivity index (χ3v) is 4.12.